The highest BCUT2D eigenvalue weighted by Crippen LogP contribution is 2.17. The van der Waals surface area contributed by atoms with Crippen LogP contribution < -0.4 is 0 Å². The van der Waals surface area contributed by atoms with E-state index in [1.54, 1.807) is 0 Å². The van der Waals surface area contributed by atoms with Gasteiger partial charge in [-0.1, -0.05) is 62.6 Å². The lowest BCUT2D eigenvalue weighted by molar-refractivity contribution is 0.231. The van der Waals surface area contributed by atoms with E-state index in [0.717, 1.165) is 18.8 Å². The number of allylic oxidation sites excluding steroid dienone is 3. The Labute approximate surface area is 124 Å². The van der Waals surface area contributed by atoms with E-state index < -0.39 is 0 Å². The van der Waals surface area contributed by atoms with Crippen LogP contribution in [-0.4, -0.2) is 6.61 Å². The molecule has 0 unspecified atom stereocenters. The molecule has 1 heteroatoms. The maximum absolute atomic E-state index is 5.56. The second-order valence-electron chi connectivity index (χ2n) is 5.13. The fourth-order valence-corrected chi connectivity index (χ4v) is 2.24. The molecule has 0 fully saturated rings. The molecule has 0 saturated carbocycles. The summed E-state index contributed by atoms with van der Waals surface area (Å²) in [5.41, 5.74) is 2.62. The minimum Gasteiger partial charge on any atom is -0.499 e. The second kappa shape index (κ2) is 10.3. The van der Waals surface area contributed by atoms with Gasteiger partial charge in [-0.3, -0.25) is 0 Å². The van der Waals surface area contributed by atoms with Crippen molar-refractivity contribution in [2.45, 2.75) is 52.9 Å². The van der Waals surface area contributed by atoms with Crippen LogP contribution in [0.1, 0.15) is 58.4 Å². The summed E-state index contributed by atoms with van der Waals surface area (Å²) >= 11 is 0. The molecule has 1 aromatic rings. The number of ether oxygens (including phenoxy) is 1. The minimum atomic E-state index is 0.733. The molecule has 0 aliphatic heterocycles. The van der Waals surface area contributed by atoms with Gasteiger partial charge in [0.2, 0.25) is 0 Å². The van der Waals surface area contributed by atoms with Crippen molar-refractivity contribution in [3.8, 4) is 0 Å². The Morgan fingerprint density at radius 2 is 1.80 bits per heavy atom. The molecule has 0 aromatic heterocycles. The van der Waals surface area contributed by atoms with Crippen LogP contribution in [0.4, 0.5) is 0 Å². The number of hydrogen-bond acceptors (Lipinski definition) is 1. The highest BCUT2D eigenvalue weighted by atomic mass is 16.5. The summed E-state index contributed by atoms with van der Waals surface area (Å²) in [5.74, 6) is 1.00. The Kier molecular flexibility index (Phi) is 8.53. The number of unbranched alkanes of at least 4 members (excludes halogenated alkanes) is 3. The lowest BCUT2D eigenvalue weighted by Crippen LogP contribution is -1.89. The molecule has 0 radical (unpaired) electrons. The van der Waals surface area contributed by atoms with Crippen LogP contribution >= 0.6 is 0 Å². The summed E-state index contributed by atoms with van der Waals surface area (Å²) < 4.78 is 5.56. The van der Waals surface area contributed by atoms with E-state index in [9.17, 15) is 0 Å². The Morgan fingerprint density at radius 1 is 1.05 bits per heavy atom. The van der Waals surface area contributed by atoms with E-state index in [2.05, 4.69) is 49.4 Å². The van der Waals surface area contributed by atoms with Crippen LogP contribution in [0.3, 0.4) is 0 Å². The van der Waals surface area contributed by atoms with Gasteiger partial charge in [0.15, 0.2) is 0 Å². The van der Waals surface area contributed by atoms with Crippen LogP contribution in [0.5, 0.6) is 0 Å². The molecule has 0 atom stereocenters. The SMILES string of the molecule is CCCCCCC(=C\c1ccccc1)/C=C(\C)OCC. The predicted molar refractivity (Wildman–Crippen MR) is 88.6 cm³/mol. The van der Waals surface area contributed by atoms with Crippen LogP contribution in [-0.2, 0) is 4.74 Å². The summed E-state index contributed by atoms with van der Waals surface area (Å²) in [6.07, 6.45) is 10.8. The van der Waals surface area contributed by atoms with Gasteiger partial charge in [-0.25, -0.2) is 0 Å². The molecular formula is C19H28O. The third-order valence-electron chi connectivity index (χ3n) is 3.23. The molecule has 0 aliphatic carbocycles. The quantitative estimate of drug-likeness (QED) is 0.305. The molecule has 1 nitrogen and oxygen atoms in total. The van der Waals surface area contributed by atoms with Gasteiger partial charge in [-0.05, 0) is 43.9 Å². The summed E-state index contributed by atoms with van der Waals surface area (Å²) in [6.45, 7) is 7.05. The van der Waals surface area contributed by atoms with E-state index in [0.29, 0.717) is 0 Å². The van der Waals surface area contributed by atoms with Crippen molar-refractivity contribution in [3.05, 3.63) is 53.3 Å². The van der Waals surface area contributed by atoms with Gasteiger partial charge in [0.05, 0.1) is 12.4 Å². The molecule has 0 bridgehead atoms. The maximum atomic E-state index is 5.56. The molecule has 0 N–H and O–H groups in total. The molecule has 20 heavy (non-hydrogen) atoms. The summed E-state index contributed by atoms with van der Waals surface area (Å²) in [7, 11) is 0. The maximum Gasteiger partial charge on any atom is 0.0931 e. The van der Waals surface area contributed by atoms with Gasteiger partial charge in [0, 0.05) is 0 Å². The monoisotopic (exact) mass is 272 g/mol. The van der Waals surface area contributed by atoms with Crippen molar-refractivity contribution >= 4 is 6.08 Å². The first-order chi connectivity index (χ1) is 9.76. The third-order valence-corrected chi connectivity index (χ3v) is 3.23. The number of hydrogen-bond donors (Lipinski definition) is 0. The average Bonchev–Trinajstić information content (AvgIpc) is 2.45. The molecule has 0 amide bonds. The van der Waals surface area contributed by atoms with Gasteiger partial charge < -0.3 is 4.74 Å². The Bertz CT molecular complexity index is 415. The highest BCUT2D eigenvalue weighted by molar-refractivity contribution is 5.55. The molecule has 110 valence electrons. The van der Waals surface area contributed by atoms with Crippen LogP contribution in [0.2, 0.25) is 0 Å². The molecule has 1 rings (SSSR count). The van der Waals surface area contributed by atoms with Gasteiger partial charge in [-0.2, -0.15) is 0 Å². The fourth-order valence-electron chi connectivity index (χ4n) is 2.24. The molecule has 0 saturated heterocycles. The first kappa shape index (κ1) is 16.6. The van der Waals surface area contributed by atoms with E-state index >= 15 is 0 Å². The van der Waals surface area contributed by atoms with E-state index in [1.165, 1.54) is 36.8 Å². The van der Waals surface area contributed by atoms with Crippen molar-refractivity contribution in [1.82, 2.24) is 0 Å². The van der Waals surface area contributed by atoms with Gasteiger partial charge in [-0.15, -0.1) is 0 Å². The standard InChI is InChI=1S/C19H28O/c1-4-6-7-9-14-19(15-17(3)20-5-2)16-18-12-10-8-11-13-18/h8,10-13,15-16H,4-7,9,14H2,1-3H3/b17-15+,19-16+. The second-order valence-corrected chi connectivity index (χ2v) is 5.13. The van der Waals surface area contributed by atoms with E-state index in [1.807, 2.05) is 13.8 Å². The smallest absolute Gasteiger partial charge is 0.0931 e. The van der Waals surface area contributed by atoms with Crippen LogP contribution in [0.25, 0.3) is 6.08 Å². The number of rotatable bonds is 9. The van der Waals surface area contributed by atoms with Crippen LogP contribution in [0, 0.1) is 0 Å². The van der Waals surface area contributed by atoms with Crippen molar-refractivity contribution in [2.75, 3.05) is 6.61 Å². The van der Waals surface area contributed by atoms with Crippen molar-refractivity contribution in [3.63, 3.8) is 0 Å². The van der Waals surface area contributed by atoms with Crippen molar-refractivity contribution < 1.29 is 4.74 Å². The normalized spacial score (nSPS) is 12.6. The zero-order valence-corrected chi connectivity index (χ0v) is 13.2. The first-order valence-electron chi connectivity index (χ1n) is 7.83. The average molecular weight is 272 g/mol. The molecule has 0 heterocycles. The van der Waals surface area contributed by atoms with Crippen molar-refractivity contribution in [2.24, 2.45) is 0 Å². The van der Waals surface area contributed by atoms with E-state index in [4.69, 9.17) is 4.74 Å². The Hall–Kier alpha value is -1.50. The van der Waals surface area contributed by atoms with E-state index in [-0.39, 0.29) is 0 Å². The third kappa shape index (κ3) is 7.18. The minimum absolute atomic E-state index is 0.733. The molecular weight excluding hydrogens is 244 g/mol. The lowest BCUT2D eigenvalue weighted by Gasteiger charge is -2.07. The van der Waals surface area contributed by atoms with Gasteiger partial charge >= 0.3 is 0 Å². The van der Waals surface area contributed by atoms with Gasteiger partial charge in [0.1, 0.15) is 0 Å². The fraction of sp³-hybridized carbons (Fsp3) is 0.474. The topological polar surface area (TPSA) is 9.23 Å². The molecule has 0 aliphatic rings. The first-order valence-corrected chi connectivity index (χ1v) is 7.83. The van der Waals surface area contributed by atoms with Gasteiger partial charge in [0.25, 0.3) is 0 Å². The Balaban J connectivity index is 2.73. The summed E-state index contributed by atoms with van der Waals surface area (Å²) in [4.78, 5) is 0. The predicted octanol–water partition coefficient (Wildman–Crippen LogP) is 5.98. The van der Waals surface area contributed by atoms with Crippen LogP contribution in [0.15, 0.2) is 47.7 Å². The van der Waals surface area contributed by atoms with Crippen molar-refractivity contribution in [1.29, 1.82) is 0 Å². The molecule has 0 spiro atoms. The zero-order valence-electron chi connectivity index (χ0n) is 13.2. The zero-order chi connectivity index (χ0) is 14.6. The summed E-state index contributed by atoms with van der Waals surface area (Å²) in [6, 6.07) is 10.5. The Morgan fingerprint density at radius 3 is 2.45 bits per heavy atom. The lowest BCUT2D eigenvalue weighted by atomic mass is 10.0. The number of benzene rings is 1. The molecule has 1 aromatic carbocycles. The highest BCUT2D eigenvalue weighted by Gasteiger charge is 1.98. The largest absolute Gasteiger partial charge is 0.499 e. The summed E-state index contributed by atoms with van der Waals surface area (Å²) in [5, 5.41) is 0.